The Morgan fingerprint density at radius 2 is 1.45 bits per heavy atom. The monoisotopic (exact) mass is 307 g/mol. The van der Waals surface area contributed by atoms with Crippen LogP contribution in [0.15, 0.2) is 66.7 Å². The number of thiophene rings is 1. The third-order valence-electron chi connectivity index (χ3n) is 3.96. The van der Waals surface area contributed by atoms with Gasteiger partial charge in [0.2, 0.25) is 0 Å². The molecule has 0 unspecified atom stereocenters. The van der Waals surface area contributed by atoms with E-state index in [1.54, 1.807) is 17.4 Å². The van der Waals surface area contributed by atoms with Crippen molar-refractivity contribution in [1.82, 2.24) is 0 Å². The van der Waals surface area contributed by atoms with Gasteiger partial charge in [-0.2, -0.15) is 0 Å². The zero-order chi connectivity index (χ0) is 15.1. The Labute approximate surface area is 132 Å². The maximum atomic E-state index is 14.1. The molecule has 0 atom stereocenters. The molecule has 1 nitrogen and oxygen atoms in total. The molecular formula is C19H14FNS. The van der Waals surface area contributed by atoms with E-state index in [1.165, 1.54) is 26.2 Å². The van der Waals surface area contributed by atoms with Gasteiger partial charge in [0.05, 0.1) is 16.1 Å². The predicted molar refractivity (Wildman–Crippen MR) is 93.8 cm³/mol. The van der Waals surface area contributed by atoms with Crippen LogP contribution in [0.25, 0.3) is 20.2 Å². The van der Waals surface area contributed by atoms with Crippen molar-refractivity contribution in [1.29, 1.82) is 0 Å². The first kappa shape index (κ1) is 13.3. The van der Waals surface area contributed by atoms with Crippen LogP contribution in [0.5, 0.6) is 0 Å². The number of para-hydroxylation sites is 1. The second-order valence-corrected chi connectivity index (χ2v) is 6.31. The molecule has 1 aromatic heterocycles. The van der Waals surface area contributed by atoms with E-state index < -0.39 is 0 Å². The molecule has 3 aromatic carbocycles. The normalized spacial score (nSPS) is 11.2. The van der Waals surface area contributed by atoms with Crippen molar-refractivity contribution in [2.45, 2.75) is 0 Å². The maximum Gasteiger partial charge on any atom is 0.146 e. The molecule has 3 heteroatoms. The highest BCUT2D eigenvalue weighted by atomic mass is 32.1. The van der Waals surface area contributed by atoms with E-state index >= 15 is 0 Å². The highest BCUT2D eigenvalue weighted by Crippen LogP contribution is 2.41. The number of hydrogen-bond donors (Lipinski definition) is 0. The Bertz CT molecular complexity index is 973. The largest absolute Gasteiger partial charge is 0.341 e. The van der Waals surface area contributed by atoms with Crippen LogP contribution in [-0.4, -0.2) is 7.05 Å². The lowest BCUT2D eigenvalue weighted by Gasteiger charge is -2.20. The van der Waals surface area contributed by atoms with Crippen molar-refractivity contribution in [3.8, 4) is 0 Å². The Hall–Kier alpha value is -2.39. The third-order valence-corrected chi connectivity index (χ3v) is 5.17. The average molecular weight is 307 g/mol. The molecule has 4 rings (SSSR count). The van der Waals surface area contributed by atoms with Crippen LogP contribution in [-0.2, 0) is 0 Å². The van der Waals surface area contributed by atoms with Gasteiger partial charge in [0, 0.05) is 22.5 Å². The number of benzene rings is 3. The lowest BCUT2D eigenvalue weighted by molar-refractivity contribution is 0.628. The van der Waals surface area contributed by atoms with Crippen LogP contribution in [0.4, 0.5) is 15.8 Å². The van der Waals surface area contributed by atoms with Gasteiger partial charge >= 0.3 is 0 Å². The Balaban J connectivity index is 1.97. The van der Waals surface area contributed by atoms with E-state index in [0.717, 1.165) is 5.69 Å². The fourth-order valence-electron chi connectivity index (χ4n) is 2.85. The Morgan fingerprint density at radius 1 is 0.773 bits per heavy atom. The van der Waals surface area contributed by atoms with Gasteiger partial charge in [-0.1, -0.05) is 42.5 Å². The average Bonchev–Trinajstić information content (AvgIpc) is 2.93. The molecule has 0 aliphatic heterocycles. The van der Waals surface area contributed by atoms with E-state index in [2.05, 4.69) is 30.3 Å². The van der Waals surface area contributed by atoms with Gasteiger partial charge in [-0.25, -0.2) is 4.39 Å². The molecule has 0 saturated heterocycles. The number of halogens is 1. The summed E-state index contributed by atoms with van der Waals surface area (Å²) in [5.74, 6) is -0.205. The fourth-order valence-corrected chi connectivity index (χ4v) is 4.10. The number of hydrogen-bond acceptors (Lipinski definition) is 2. The molecule has 0 fully saturated rings. The number of rotatable bonds is 2. The van der Waals surface area contributed by atoms with Crippen LogP contribution in [0.1, 0.15) is 0 Å². The van der Waals surface area contributed by atoms with Gasteiger partial charge in [-0.05, 0) is 24.3 Å². The first-order valence-electron chi connectivity index (χ1n) is 7.14. The van der Waals surface area contributed by atoms with Gasteiger partial charge in [0.15, 0.2) is 0 Å². The predicted octanol–water partition coefficient (Wildman–Crippen LogP) is 5.96. The summed E-state index contributed by atoms with van der Waals surface area (Å²) in [7, 11) is 1.91. The van der Waals surface area contributed by atoms with Gasteiger partial charge in [0.1, 0.15) is 5.82 Å². The molecule has 22 heavy (non-hydrogen) atoms. The minimum Gasteiger partial charge on any atom is -0.341 e. The van der Waals surface area contributed by atoms with Crippen LogP contribution >= 0.6 is 11.3 Å². The van der Waals surface area contributed by atoms with E-state index in [-0.39, 0.29) is 5.82 Å². The minimum atomic E-state index is -0.205. The minimum absolute atomic E-state index is 0.205. The third kappa shape index (κ3) is 1.97. The maximum absolute atomic E-state index is 14.1. The molecule has 0 aliphatic rings. The topological polar surface area (TPSA) is 3.24 Å². The van der Waals surface area contributed by atoms with E-state index in [1.807, 2.05) is 36.2 Å². The zero-order valence-electron chi connectivity index (χ0n) is 12.1. The van der Waals surface area contributed by atoms with Crippen molar-refractivity contribution >= 4 is 42.9 Å². The highest BCUT2D eigenvalue weighted by Gasteiger charge is 2.14. The Kier molecular flexibility index (Phi) is 3.09. The molecule has 0 bridgehead atoms. The van der Waals surface area contributed by atoms with Crippen LogP contribution in [0, 0.1) is 5.82 Å². The van der Waals surface area contributed by atoms with Gasteiger partial charge < -0.3 is 4.90 Å². The summed E-state index contributed by atoms with van der Waals surface area (Å²) in [6, 6.07) is 21.5. The summed E-state index contributed by atoms with van der Waals surface area (Å²) >= 11 is 1.75. The van der Waals surface area contributed by atoms with Gasteiger partial charge in [-0.3, -0.25) is 0 Å². The van der Waals surface area contributed by atoms with E-state index in [0.29, 0.717) is 5.69 Å². The zero-order valence-corrected chi connectivity index (χ0v) is 12.9. The summed E-state index contributed by atoms with van der Waals surface area (Å²) < 4.78 is 16.5. The van der Waals surface area contributed by atoms with Crippen LogP contribution in [0.3, 0.4) is 0 Å². The molecule has 0 aliphatic carbocycles. The number of anilines is 2. The van der Waals surface area contributed by atoms with Crippen molar-refractivity contribution in [3.63, 3.8) is 0 Å². The highest BCUT2D eigenvalue weighted by molar-refractivity contribution is 7.26. The Morgan fingerprint density at radius 3 is 2.32 bits per heavy atom. The molecular weight excluding hydrogens is 293 g/mol. The van der Waals surface area contributed by atoms with E-state index in [4.69, 9.17) is 0 Å². The van der Waals surface area contributed by atoms with Crippen molar-refractivity contribution in [2.75, 3.05) is 11.9 Å². The van der Waals surface area contributed by atoms with Crippen molar-refractivity contribution in [3.05, 3.63) is 72.5 Å². The lowest BCUT2D eigenvalue weighted by atomic mass is 10.1. The number of fused-ring (bicyclic) bond motifs is 3. The standard InChI is InChI=1S/C19H14FNS/c1-21(16-10-4-3-9-15(16)20)17-11-6-8-14-13-7-2-5-12-18(13)22-19(14)17/h2-12H,1H3. The molecule has 0 N–H and O–H groups in total. The molecule has 4 aromatic rings. The summed E-state index contributed by atoms with van der Waals surface area (Å²) in [6.07, 6.45) is 0. The molecule has 0 saturated carbocycles. The van der Waals surface area contributed by atoms with Crippen molar-refractivity contribution < 1.29 is 4.39 Å². The molecule has 0 spiro atoms. The van der Waals surface area contributed by atoms with Gasteiger partial charge in [-0.15, -0.1) is 11.3 Å². The molecule has 1 heterocycles. The fraction of sp³-hybridized carbons (Fsp3) is 0.0526. The van der Waals surface area contributed by atoms with E-state index in [9.17, 15) is 4.39 Å². The smallest absolute Gasteiger partial charge is 0.146 e. The number of nitrogens with zero attached hydrogens (tertiary/aromatic N) is 1. The molecule has 0 radical (unpaired) electrons. The molecule has 0 amide bonds. The first-order chi connectivity index (χ1) is 10.8. The summed E-state index contributed by atoms with van der Waals surface area (Å²) in [6.45, 7) is 0. The first-order valence-corrected chi connectivity index (χ1v) is 7.96. The summed E-state index contributed by atoms with van der Waals surface area (Å²) in [5.41, 5.74) is 1.62. The van der Waals surface area contributed by atoms with Gasteiger partial charge in [0.25, 0.3) is 0 Å². The van der Waals surface area contributed by atoms with Crippen LogP contribution < -0.4 is 4.90 Å². The second kappa shape index (κ2) is 5.11. The molecule has 108 valence electrons. The van der Waals surface area contributed by atoms with Crippen molar-refractivity contribution in [2.24, 2.45) is 0 Å². The van der Waals surface area contributed by atoms with Crippen LogP contribution in [0.2, 0.25) is 0 Å². The summed E-state index contributed by atoms with van der Waals surface area (Å²) in [4.78, 5) is 1.92. The lowest BCUT2D eigenvalue weighted by Crippen LogP contribution is -2.11. The quantitative estimate of drug-likeness (QED) is 0.441. The summed E-state index contributed by atoms with van der Waals surface area (Å²) in [5, 5.41) is 2.48. The SMILES string of the molecule is CN(c1ccccc1F)c1cccc2c1sc1ccccc12. The second-order valence-electron chi connectivity index (χ2n) is 5.26.